The summed E-state index contributed by atoms with van der Waals surface area (Å²) >= 11 is 0. The van der Waals surface area contributed by atoms with Gasteiger partial charge in [0.05, 0.1) is 25.4 Å². The molecular formula is C50H54N2O5. The summed E-state index contributed by atoms with van der Waals surface area (Å²) < 4.78 is 5.33. The number of nitrogens with one attached hydrogen (secondary N) is 1. The molecule has 0 aliphatic heterocycles. The fourth-order valence-corrected chi connectivity index (χ4v) is 9.09. The molecule has 0 spiro atoms. The number of hydrogen-bond donors (Lipinski definition) is 3. The van der Waals surface area contributed by atoms with E-state index in [0.717, 1.165) is 34.2 Å². The lowest BCUT2D eigenvalue weighted by Crippen LogP contribution is -2.54. The maximum atomic E-state index is 15.0. The Hall–Kier alpha value is -5.50. The second kappa shape index (κ2) is 17.3. The molecule has 0 aromatic heterocycles. The van der Waals surface area contributed by atoms with Crippen LogP contribution in [0.3, 0.4) is 0 Å². The van der Waals surface area contributed by atoms with Crippen molar-refractivity contribution in [2.45, 2.75) is 83.0 Å². The Morgan fingerprint density at radius 1 is 0.842 bits per heavy atom. The number of methoxy groups -OCH3 is 1. The zero-order chi connectivity index (χ0) is 40.0. The summed E-state index contributed by atoms with van der Waals surface area (Å²) in [5.74, 6) is 0.423. The molecule has 0 saturated heterocycles. The van der Waals surface area contributed by atoms with E-state index in [0.29, 0.717) is 67.6 Å². The molecule has 5 aromatic rings. The Morgan fingerprint density at radius 3 is 2.28 bits per heavy atom. The zero-order valence-electron chi connectivity index (χ0n) is 33.3. The Bertz CT molecular complexity index is 2200. The molecule has 1 saturated carbocycles. The van der Waals surface area contributed by atoms with E-state index in [-0.39, 0.29) is 24.3 Å². The van der Waals surface area contributed by atoms with E-state index >= 15 is 4.79 Å². The van der Waals surface area contributed by atoms with Crippen molar-refractivity contribution in [1.29, 1.82) is 0 Å². The van der Waals surface area contributed by atoms with E-state index in [1.165, 1.54) is 5.57 Å². The second-order valence-electron chi connectivity index (χ2n) is 16.2. The molecule has 294 valence electrons. The first-order valence-electron chi connectivity index (χ1n) is 20.2. The van der Waals surface area contributed by atoms with Crippen LogP contribution < -0.4 is 10.1 Å². The number of carbonyl (C=O) groups excluding carboxylic acids is 2. The number of ketones is 1. The van der Waals surface area contributed by atoms with Gasteiger partial charge in [0.2, 0.25) is 0 Å². The molecule has 0 radical (unpaired) electrons. The predicted molar refractivity (Wildman–Crippen MR) is 228 cm³/mol. The van der Waals surface area contributed by atoms with Crippen molar-refractivity contribution in [3.8, 4) is 16.9 Å². The van der Waals surface area contributed by atoms with E-state index in [4.69, 9.17) is 4.74 Å². The number of benzene rings is 5. The third-order valence-corrected chi connectivity index (χ3v) is 12.5. The van der Waals surface area contributed by atoms with Crippen molar-refractivity contribution in [2.24, 2.45) is 5.41 Å². The number of hydrogen-bond acceptors (Lipinski definition) is 5. The molecule has 2 bridgehead atoms. The molecule has 4 atom stereocenters. The first-order chi connectivity index (χ1) is 27.6. The third kappa shape index (κ3) is 8.75. The van der Waals surface area contributed by atoms with Crippen molar-refractivity contribution in [2.75, 3.05) is 19.0 Å². The van der Waals surface area contributed by atoms with Crippen LogP contribution in [-0.4, -0.2) is 52.3 Å². The molecule has 4 unspecified atom stereocenters. The van der Waals surface area contributed by atoms with E-state index in [9.17, 15) is 15.0 Å². The van der Waals surface area contributed by atoms with Crippen LogP contribution in [0.1, 0.15) is 90.9 Å². The van der Waals surface area contributed by atoms with Gasteiger partial charge in [-0.2, -0.15) is 0 Å². The fourth-order valence-electron chi connectivity index (χ4n) is 9.09. The lowest BCUT2D eigenvalue weighted by Gasteiger charge is -2.46. The average molecular weight is 763 g/mol. The topological polar surface area (TPSA) is 99.1 Å². The standard InChI is InChI=1S/C50H54N2O5/c1-35-13-12-29-49(2)46(28-30-50(49,56)34-52(33-36-14-6-4-7-15-36)48(55)51-39-22-25-41(57-3)26-23-39)43-27-21-37(31-40(53)24-20-35)32-45(43)47(54)44-19-11-10-18-42(44)38-16-8-5-9-17-38/h4-11,13-19,21-23,25-27,32,40,46,53,56H,12,20,24,28-31,33-34H2,1-3H3,(H,51,55). The minimum absolute atomic E-state index is 0.0778. The van der Waals surface area contributed by atoms with E-state index in [2.05, 4.69) is 37.4 Å². The quantitative estimate of drug-likeness (QED) is 0.103. The van der Waals surface area contributed by atoms with Gasteiger partial charge in [0, 0.05) is 28.8 Å². The Balaban J connectivity index is 1.30. The Kier molecular flexibility index (Phi) is 12.1. The van der Waals surface area contributed by atoms with Crippen LogP contribution in [0.15, 0.2) is 139 Å². The molecule has 7 nitrogen and oxygen atoms in total. The van der Waals surface area contributed by atoms with Gasteiger partial charge in [-0.1, -0.05) is 116 Å². The number of rotatable bonds is 9. The molecular weight excluding hydrogens is 709 g/mol. The number of aliphatic hydroxyl groups excluding tert-OH is 1. The number of carbonyl (C=O) groups is 2. The molecule has 3 aliphatic rings. The van der Waals surface area contributed by atoms with Gasteiger partial charge >= 0.3 is 6.03 Å². The van der Waals surface area contributed by atoms with Crippen molar-refractivity contribution in [1.82, 2.24) is 4.90 Å². The van der Waals surface area contributed by atoms with Gasteiger partial charge < -0.3 is 25.2 Å². The number of ether oxygens (including phenoxy) is 1. The first kappa shape index (κ1) is 39.7. The van der Waals surface area contributed by atoms with E-state index in [1.54, 1.807) is 24.1 Å². The van der Waals surface area contributed by atoms with Crippen LogP contribution >= 0.6 is 0 Å². The average Bonchev–Trinajstić information content (AvgIpc) is 3.48. The Morgan fingerprint density at radius 2 is 1.54 bits per heavy atom. The van der Waals surface area contributed by atoms with Crippen LogP contribution in [0.2, 0.25) is 0 Å². The van der Waals surface area contributed by atoms with Gasteiger partial charge in [0.15, 0.2) is 5.78 Å². The van der Waals surface area contributed by atoms with Crippen molar-refractivity contribution < 1.29 is 24.5 Å². The molecule has 3 N–H and O–H groups in total. The zero-order valence-corrected chi connectivity index (χ0v) is 33.3. The molecule has 2 amide bonds. The Labute approximate surface area is 337 Å². The summed E-state index contributed by atoms with van der Waals surface area (Å²) in [6.07, 6.45) is 5.96. The van der Waals surface area contributed by atoms with Gasteiger partial charge in [0.25, 0.3) is 0 Å². The minimum Gasteiger partial charge on any atom is -0.497 e. The summed E-state index contributed by atoms with van der Waals surface area (Å²) in [5, 5.41) is 27.4. The van der Waals surface area contributed by atoms with Crippen molar-refractivity contribution in [3.05, 3.63) is 167 Å². The molecule has 7 heteroatoms. The SMILES string of the molecule is COc1ccc(NC(=O)N(Cc2ccccc2)CC2(O)CCC3c4ccc(cc4C(=O)c4ccccc4-c4ccccc4)CC(O)CCC(C)=CCCC32C)cc1. The summed E-state index contributed by atoms with van der Waals surface area (Å²) in [7, 11) is 1.61. The summed E-state index contributed by atoms with van der Waals surface area (Å²) in [4.78, 5) is 31.0. The monoisotopic (exact) mass is 762 g/mol. The minimum atomic E-state index is -1.29. The highest BCUT2D eigenvalue weighted by Gasteiger charge is 2.57. The number of nitrogens with zero attached hydrogens (tertiary/aromatic N) is 1. The summed E-state index contributed by atoms with van der Waals surface area (Å²) in [6, 6.07) is 40.6. The highest BCUT2D eigenvalue weighted by molar-refractivity contribution is 6.14. The molecule has 3 aliphatic carbocycles. The van der Waals surface area contributed by atoms with E-state index in [1.807, 2.05) is 103 Å². The molecule has 1 fully saturated rings. The molecule has 5 aromatic carbocycles. The van der Waals surface area contributed by atoms with Gasteiger partial charge in [0.1, 0.15) is 5.75 Å². The maximum absolute atomic E-state index is 15.0. The van der Waals surface area contributed by atoms with Crippen molar-refractivity contribution >= 4 is 17.5 Å². The van der Waals surface area contributed by atoms with Crippen LogP contribution in [0.4, 0.5) is 10.5 Å². The largest absolute Gasteiger partial charge is 0.497 e. The summed E-state index contributed by atoms with van der Waals surface area (Å²) in [5.41, 5.74) is 5.62. The number of anilines is 1. The van der Waals surface area contributed by atoms with Gasteiger partial charge in [-0.3, -0.25) is 4.79 Å². The van der Waals surface area contributed by atoms with Gasteiger partial charge in [-0.25, -0.2) is 4.79 Å². The number of fused-ring (bicyclic) bond motifs is 8. The molecule has 8 rings (SSSR count). The number of amides is 2. The first-order valence-corrected chi connectivity index (χ1v) is 20.2. The third-order valence-electron chi connectivity index (χ3n) is 12.5. The fraction of sp³-hybridized carbons (Fsp3) is 0.320. The van der Waals surface area contributed by atoms with Gasteiger partial charge in [-0.15, -0.1) is 0 Å². The van der Waals surface area contributed by atoms with Crippen LogP contribution in [0.5, 0.6) is 5.75 Å². The highest BCUT2D eigenvalue weighted by Crippen LogP contribution is 2.59. The van der Waals surface area contributed by atoms with Crippen LogP contribution in [-0.2, 0) is 13.0 Å². The van der Waals surface area contributed by atoms with Gasteiger partial charge in [-0.05, 0) is 116 Å². The maximum Gasteiger partial charge on any atom is 0.322 e. The van der Waals surface area contributed by atoms with E-state index < -0.39 is 17.1 Å². The lowest BCUT2D eigenvalue weighted by molar-refractivity contribution is -0.0773. The number of urea groups is 1. The highest BCUT2D eigenvalue weighted by atomic mass is 16.5. The number of aliphatic hydroxyl groups is 2. The van der Waals surface area contributed by atoms with Crippen molar-refractivity contribution in [3.63, 3.8) is 0 Å². The second-order valence-corrected chi connectivity index (χ2v) is 16.2. The van der Waals surface area contributed by atoms with Crippen LogP contribution in [0.25, 0.3) is 11.1 Å². The lowest BCUT2D eigenvalue weighted by atomic mass is 9.64. The smallest absolute Gasteiger partial charge is 0.322 e. The number of allylic oxidation sites excluding steroid dienone is 2. The van der Waals surface area contributed by atoms with Crippen LogP contribution in [0, 0.1) is 5.41 Å². The molecule has 57 heavy (non-hydrogen) atoms. The summed E-state index contributed by atoms with van der Waals surface area (Å²) in [6.45, 7) is 4.68. The predicted octanol–water partition coefficient (Wildman–Crippen LogP) is 10.4. The molecule has 0 heterocycles. The normalized spacial score (nSPS) is 22.2.